The second kappa shape index (κ2) is 4.99. The molecule has 0 rings (SSSR count). The van der Waals surface area contributed by atoms with E-state index in [0.29, 0.717) is 0 Å². The molecule has 0 spiro atoms. The summed E-state index contributed by atoms with van der Waals surface area (Å²) in [7, 11) is 0. The van der Waals surface area contributed by atoms with Crippen LogP contribution in [0.15, 0.2) is 0 Å². The van der Waals surface area contributed by atoms with Gasteiger partial charge in [-0.2, -0.15) is 0 Å². The van der Waals surface area contributed by atoms with E-state index in [9.17, 15) is 0 Å². The van der Waals surface area contributed by atoms with Gasteiger partial charge in [-0.3, -0.25) is 0 Å². The molecule has 0 bridgehead atoms. The molecular formula is C8H18O2Se2. The molecule has 0 radical (unpaired) electrons. The van der Waals surface area contributed by atoms with Gasteiger partial charge < -0.3 is 0 Å². The maximum absolute atomic E-state index is 5.31. The van der Waals surface area contributed by atoms with Crippen LogP contribution < -0.4 is 0 Å². The molecular weight excluding hydrogens is 286 g/mol. The molecule has 0 atom stereocenters. The van der Waals surface area contributed by atoms with Crippen LogP contribution in [-0.4, -0.2) is 43.2 Å². The number of hydrogen-bond donors (Lipinski definition) is 0. The monoisotopic (exact) mass is 306 g/mol. The van der Waals surface area contributed by atoms with Crippen LogP contribution in [-0.2, 0) is 9.78 Å². The molecule has 0 aromatic heterocycles. The standard InChI is InChI=1S/C8H18O2Se2/c1-7(2,5-11)9-10-8(3,4)6-12/h11-12H,5-6H2,1-4H3. The summed E-state index contributed by atoms with van der Waals surface area (Å²) >= 11 is 5.01. The van der Waals surface area contributed by atoms with E-state index in [-0.39, 0.29) is 11.2 Å². The fraction of sp³-hybridized carbons (Fsp3) is 1.00. The molecule has 4 heteroatoms. The van der Waals surface area contributed by atoms with Gasteiger partial charge >= 0.3 is 91.3 Å². The predicted molar refractivity (Wildman–Crippen MR) is 54.2 cm³/mol. The van der Waals surface area contributed by atoms with Crippen LogP contribution in [0.5, 0.6) is 0 Å². The molecule has 12 heavy (non-hydrogen) atoms. The van der Waals surface area contributed by atoms with Crippen LogP contribution in [0.1, 0.15) is 27.7 Å². The molecule has 0 heterocycles. The van der Waals surface area contributed by atoms with Gasteiger partial charge in [0.15, 0.2) is 0 Å². The third kappa shape index (κ3) is 5.58. The third-order valence-electron chi connectivity index (χ3n) is 1.25. The van der Waals surface area contributed by atoms with E-state index >= 15 is 0 Å². The first-order valence-corrected chi connectivity index (χ1v) is 6.57. The van der Waals surface area contributed by atoms with E-state index in [0.717, 1.165) is 10.6 Å². The number of hydrogen-bond acceptors (Lipinski definition) is 2. The molecule has 2 nitrogen and oxygen atoms in total. The van der Waals surface area contributed by atoms with Gasteiger partial charge in [-0.1, -0.05) is 0 Å². The van der Waals surface area contributed by atoms with Crippen molar-refractivity contribution in [2.24, 2.45) is 0 Å². The van der Waals surface area contributed by atoms with Crippen LogP contribution in [0, 0.1) is 0 Å². The SMILES string of the molecule is CC(C)(C[SeH])OOC(C)(C)C[SeH]. The van der Waals surface area contributed by atoms with Crippen molar-refractivity contribution < 1.29 is 9.78 Å². The quantitative estimate of drug-likeness (QED) is 0.431. The van der Waals surface area contributed by atoms with E-state index in [1.54, 1.807) is 0 Å². The van der Waals surface area contributed by atoms with Gasteiger partial charge in [-0.15, -0.1) is 0 Å². The molecule has 0 N–H and O–H groups in total. The van der Waals surface area contributed by atoms with Gasteiger partial charge in [0.25, 0.3) is 0 Å². The summed E-state index contributed by atoms with van der Waals surface area (Å²) in [5, 5.41) is 1.77. The first-order chi connectivity index (χ1) is 5.33. The molecule has 0 saturated heterocycles. The summed E-state index contributed by atoms with van der Waals surface area (Å²) in [6.07, 6.45) is 0. The van der Waals surface area contributed by atoms with Crippen molar-refractivity contribution in [3.8, 4) is 0 Å². The summed E-state index contributed by atoms with van der Waals surface area (Å²) < 4.78 is 0. The van der Waals surface area contributed by atoms with Gasteiger partial charge in [0.05, 0.1) is 0 Å². The Morgan fingerprint density at radius 2 is 1.08 bits per heavy atom. The van der Waals surface area contributed by atoms with E-state index in [2.05, 4.69) is 32.0 Å². The molecule has 0 aliphatic rings. The van der Waals surface area contributed by atoms with Crippen molar-refractivity contribution in [1.29, 1.82) is 0 Å². The molecule has 0 saturated carbocycles. The predicted octanol–water partition coefficient (Wildman–Crippen LogP) is 1.13. The first kappa shape index (κ1) is 13.0. The van der Waals surface area contributed by atoms with Gasteiger partial charge in [0, 0.05) is 0 Å². The molecule has 0 aromatic carbocycles. The van der Waals surface area contributed by atoms with Gasteiger partial charge in [0.1, 0.15) is 0 Å². The zero-order valence-electron chi connectivity index (χ0n) is 8.13. The third-order valence-corrected chi connectivity index (χ3v) is 4.45. The van der Waals surface area contributed by atoms with Crippen LogP contribution >= 0.6 is 0 Å². The zero-order chi connectivity index (χ0) is 9.83. The Morgan fingerprint density at radius 3 is 1.25 bits per heavy atom. The average Bonchev–Trinajstić information content (AvgIpc) is 2.02. The Balaban J connectivity index is 3.82. The minimum atomic E-state index is -0.209. The number of rotatable bonds is 5. The van der Waals surface area contributed by atoms with Crippen LogP contribution in [0.4, 0.5) is 0 Å². The van der Waals surface area contributed by atoms with Crippen molar-refractivity contribution in [1.82, 2.24) is 0 Å². The molecule has 0 unspecified atom stereocenters. The normalized spacial score (nSPS) is 13.5. The average molecular weight is 304 g/mol. The Hall–Kier alpha value is 0.959. The van der Waals surface area contributed by atoms with Crippen LogP contribution in [0.3, 0.4) is 0 Å². The molecule has 0 aromatic rings. The van der Waals surface area contributed by atoms with Crippen molar-refractivity contribution in [2.75, 3.05) is 0 Å². The summed E-state index contributed by atoms with van der Waals surface area (Å²) in [5.41, 5.74) is -0.418. The summed E-state index contributed by atoms with van der Waals surface area (Å²) in [6, 6.07) is 0. The van der Waals surface area contributed by atoms with E-state index < -0.39 is 0 Å². The topological polar surface area (TPSA) is 18.5 Å². The fourth-order valence-corrected chi connectivity index (χ4v) is 0.499. The summed E-state index contributed by atoms with van der Waals surface area (Å²) in [5.74, 6) is 0. The van der Waals surface area contributed by atoms with E-state index in [1.807, 2.05) is 27.7 Å². The Morgan fingerprint density at radius 1 is 0.833 bits per heavy atom. The van der Waals surface area contributed by atoms with Crippen molar-refractivity contribution in [3.63, 3.8) is 0 Å². The molecule has 74 valence electrons. The van der Waals surface area contributed by atoms with Crippen molar-refractivity contribution in [3.05, 3.63) is 0 Å². The van der Waals surface area contributed by atoms with Gasteiger partial charge in [0.2, 0.25) is 0 Å². The van der Waals surface area contributed by atoms with Crippen LogP contribution in [0.2, 0.25) is 10.6 Å². The van der Waals surface area contributed by atoms with Gasteiger partial charge in [-0.25, -0.2) is 0 Å². The van der Waals surface area contributed by atoms with Crippen molar-refractivity contribution >= 4 is 32.0 Å². The first-order valence-electron chi connectivity index (χ1n) is 3.91. The second-order valence-electron chi connectivity index (χ2n) is 4.00. The maximum atomic E-state index is 5.31. The van der Waals surface area contributed by atoms with E-state index in [1.165, 1.54) is 0 Å². The fourth-order valence-electron chi connectivity index (χ4n) is 0.278. The Bertz CT molecular complexity index is 119. The van der Waals surface area contributed by atoms with E-state index in [4.69, 9.17) is 9.78 Å². The van der Waals surface area contributed by atoms with Crippen LogP contribution in [0.25, 0.3) is 0 Å². The summed E-state index contributed by atoms with van der Waals surface area (Å²) in [4.78, 5) is 10.6. The minimum absolute atomic E-state index is 0.209. The molecule has 0 aliphatic heterocycles. The van der Waals surface area contributed by atoms with Gasteiger partial charge in [-0.05, 0) is 0 Å². The molecule has 0 amide bonds. The summed E-state index contributed by atoms with van der Waals surface area (Å²) in [6.45, 7) is 8.02. The Kier molecular flexibility index (Phi) is 5.39. The Labute approximate surface area is 91.3 Å². The second-order valence-corrected chi connectivity index (χ2v) is 5.33. The van der Waals surface area contributed by atoms with Crippen molar-refractivity contribution in [2.45, 2.75) is 49.5 Å². The molecule has 0 fully saturated rings. The molecule has 0 aliphatic carbocycles. The zero-order valence-corrected chi connectivity index (χ0v) is 11.9.